The van der Waals surface area contributed by atoms with Crippen molar-refractivity contribution in [1.29, 1.82) is 0 Å². The highest BCUT2D eigenvalue weighted by Gasteiger charge is 2.05. The van der Waals surface area contributed by atoms with Gasteiger partial charge in [-0.15, -0.1) is 0 Å². The maximum absolute atomic E-state index is 2.23. The molecule has 0 aliphatic carbocycles. The lowest BCUT2D eigenvalue weighted by Crippen LogP contribution is -2.36. The number of hydrogen-bond acceptors (Lipinski definition) is 1. The van der Waals surface area contributed by atoms with E-state index in [9.17, 15) is 0 Å². The van der Waals surface area contributed by atoms with E-state index in [0.717, 1.165) is 4.48 Å². The third kappa shape index (κ3) is 5.39. The van der Waals surface area contributed by atoms with Crippen LogP contribution in [0, 0.1) is 0 Å². The van der Waals surface area contributed by atoms with Crippen molar-refractivity contribution in [1.82, 2.24) is 0 Å². The van der Waals surface area contributed by atoms with E-state index >= 15 is 0 Å². The average molecular weight is 181 g/mol. The molecule has 0 spiro atoms. The molecule has 2 nitrogen and oxygen atoms in total. The van der Waals surface area contributed by atoms with Gasteiger partial charge in [0, 0.05) is 6.42 Å². The Morgan fingerprint density at radius 1 is 1.00 bits per heavy atom. The minimum Gasteiger partial charge on any atom is -0.870 e. The first-order chi connectivity index (χ1) is 5.58. The summed E-state index contributed by atoms with van der Waals surface area (Å²) >= 11 is 0. The summed E-state index contributed by atoms with van der Waals surface area (Å²) in [6.07, 6.45) is 1.17. The van der Waals surface area contributed by atoms with Gasteiger partial charge in [0.05, 0.1) is 27.7 Å². The second-order valence-electron chi connectivity index (χ2n) is 4.25. The summed E-state index contributed by atoms with van der Waals surface area (Å²) in [4.78, 5) is 0. The number of hydrogen-bond donors (Lipinski definition) is 0. The molecule has 0 amide bonds. The Balaban J connectivity index is 0.00000144. The van der Waals surface area contributed by atoms with Gasteiger partial charge in [-0.05, 0) is 5.56 Å². The van der Waals surface area contributed by atoms with Crippen LogP contribution >= 0.6 is 0 Å². The molecular formula is C11H19NO. The van der Waals surface area contributed by atoms with Crippen LogP contribution in [0.3, 0.4) is 0 Å². The van der Waals surface area contributed by atoms with Gasteiger partial charge in [0.15, 0.2) is 0 Å². The fourth-order valence-electron chi connectivity index (χ4n) is 1.11. The molecule has 13 heavy (non-hydrogen) atoms. The maximum atomic E-state index is 2.23. The van der Waals surface area contributed by atoms with Gasteiger partial charge in [0.2, 0.25) is 0 Å². The second kappa shape index (κ2) is 5.00. The van der Waals surface area contributed by atoms with Crippen molar-refractivity contribution in [3.05, 3.63) is 35.9 Å². The van der Waals surface area contributed by atoms with Crippen LogP contribution in [-0.2, 0) is 6.42 Å². The highest BCUT2D eigenvalue weighted by atomic mass is 16.0. The first-order valence-electron chi connectivity index (χ1n) is 4.42. The Labute approximate surface area is 80.7 Å². The van der Waals surface area contributed by atoms with Gasteiger partial charge < -0.3 is 9.96 Å². The fraction of sp³-hybridized carbons (Fsp3) is 0.455. The third-order valence-corrected chi connectivity index (χ3v) is 1.91. The van der Waals surface area contributed by atoms with Crippen molar-refractivity contribution in [2.24, 2.45) is 0 Å². The minimum atomic E-state index is 0. The Bertz CT molecular complexity index is 226. The molecule has 0 aliphatic heterocycles. The van der Waals surface area contributed by atoms with E-state index in [4.69, 9.17) is 0 Å². The molecule has 0 unspecified atom stereocenters. The second-order valence-corrected chi connectivity index (χ2v) is 4.25. The lowest BCUT2D eigenvalue weighted by Gasteiger charge is -2.23. The zero-order valence-corrected chi connectivity index (χ0v) is 8.70. The lowest BCUT2D eigenvalue weighted by molar-refractivity contribution is -0.870. The molecule has 0 bridgehead atoms. The summed E-state index contributed by atoms with van der Waals surface area (Å²) in [5.41, 5.74) is 1.44. The largest absolute Gasteiger partial charge is 0.870 e. The quantitative estimate of drug-likeness (QED) is 0.653. The molecule has 0 saturated heterocycles. The Morgan fingerprint density at radius 2 is 1.54 bits per heavy atom. The van der Waals surface area contributed by atoms with Crippen LogP contribution in [0.25, 0.3) is 0 Å². The molecule has 0 heterocycles. The zero-order valence-electron chi connectivity index (χ0n) is 8.70. The molecule has 1 N–H and O–H groups in total. The normalized spacial score (nSPS) is 10.7. The first-order valence-corrected chi connectivity index (χ1v) is 4.42. The maximum Gasteiger partial charge on any atom is 0.0821 e. The molecular weight excluding hydrogens is 162 g/mol. The standard InChI is InChI=1S/C11H18N.H2O/c1-12(2,3)10-9-11-7-5-4-6-8-11;/h4-8H,9-10H2,1-3H3;1H2/q+1;/p-1. The molecule has 0 aromatic heterocycles. The summed E-state index contributed by atoms with van der Waals surface area (Å²) < 4.78 is 1.04. The SMILES string of the molecule is C[N+](C)(C)CCc1ccccc1.[OH-]. The first kappa shape index (κ1) is 12.1. The Hall–Kier alpha value is -0.860. The van der Waals surface area contributed by atoms with E-state index in [2.05, 4.69) is 51.5 Å². The number of quaternary nitrogens is 1. The van der Waals surface area contributed by atoms with Crippen molar-refractivity contribution in [3.63, 3.8) is 0 Å². The van der Waals surface area contributed by atoms with Crippen LogP contribution in [0.4, 0.5) is 0 Å². The number of likely N-dealkylation sites (N-methyl/N-ethyl adjacent to an activating group) is 1. The Kier molecular flexibility index (Phi) is 4.67. The number of nitrogens with zero attached hydrogens (tertiary/aromatic N) is 1. The summed E-state index contributed by atoms with van der Waals surface area (Å²) in [6, 6.07) is 10.6. The molecule has 0 saturated carbocycles. The van der Waals surface area contributed by atoms with Gasteiger partial charge in [-0.1, -0.05) is 30.3 Å². The van der Waals surface area contributed by atoms with Crippen LogP contribution in [0.15, 0.2) is 30.3 Å². The molecule has 1 rings (SSSR count). The molecule has 0 aliphatic rings. The molecule has 1 aromatic rings. The average Bonchev–Trinajstić information content (AvgIpc) is 2.02. The number of rotatable bonds is 3. The van der Waals surface area contributed by atoms with Crippen LogP contribution in [0.1, 0.15) is 5.56 Å². The van der Waals surface area contributed by atoms with Crippen LogP contribution in [0.5, 0.6) is 0 Å². The lowest BCUT2D eigenvalue weighted by atomic mass is 10.1. The van der Waals surface area contributed by atoms with Crippen molar-refractivity contribution in [2.45, 2.75) is 6.42 Å². The predicted octanol–water partition coefficient (Wildman–Crippen LogP) is 1.76. The molecule has 0 fully saturated rings. The molecule has 0 atom stereocenters. The van der Waals surface area contributed by atoms with E-state index < -0.39 is 0 Å². The molecule has 1 aromatic carbocycles. The van der Waals surface area contributed by atoms with Gasteiger partial charge in [0.25, 0.3) is 0 Å². The van der Waals surface area contributed by atoms with Crippen molar-refractivity contribution >= 4 is 0 Å². The van der Waals surface area contributed by atoms with E-state index in [1.54, 1.807) is 0 Å². The Morgan fingerprint density at radius 3 is 2.00 bits per heavy atom. The highest BCUT2D eigenvalue weighted by molar-refractivity contribution is 5.14. The van der Waals surface area contributed by atoms with E-state index in [1.165, 1.54) is 18.5 Å². The van der Waals surface area contributed by atoms with Crippen LogP contribution in [-0.4, -0.2) is 37.6 Å². The van der Waals surface area contributed by atoms with Gasteiger partial charge in [-0.3, -0.25) is 0 Å². The third-order valence-electron chi connectivity index (χ3n) is 1.91. The summed E-state index contributed by atoms with van der Waals surface area (Å²) in [6.45, 7) is 1.20. The number of benzene rings is 1. The van der Waals surface area contributed by atoms with Gasteiger partial charge in [-0.25, -0.2) is 0 Å². The minimum absolute atomic E-state index is 0. The molecule has 2 heteroatoms. The van der Waals surface area contributed by atoms with Crippen molar-refractivity contribution in [3.8, 4) is 0 Å². The van der Waals surface area contributed by atoms with Gasteiger partial charge in [0.1, 0.15) is 0 Å². The van der Waals surface area contributed by atoms with Crippen molar-refractivity contribution < 1.29 is 9.96 Å². The predicted molar refractivity (Wildman–Crippen MR) is 55.0 cm³/mol. The van der Waals surface area contributed by atoms with E-state index in [-0.39, 0.29) is 5.48 Å². The summed E-state index contributed by atoms with van der Waals surface area (Å²) in [5.74, 6) is 0. The monoisotopic (exact) mass is 181 g/mol. The van der Waals surface area contributed by atoms with Gasteiger partial charge >= 0.3 is 0 Å². The van der Waals surface area contributed by atoms with E-state index in [1.807, 2.05) is 0 Å². The van der Waals surface area contributed by atoms with Crippen LogP contribution in [0.2, 0.25) is 0 Å². The fourth-order valence-corrected chi connectivity index (χ4v) is 1.11. The smallest absolute Gasteiger partial charge is 0.0821 e. The van der Waals surface area contributed by atoms with E-state index in [0.29, 0.717) is 0 Å². The highest BCUT2D eigenvalue weighted by Crippen LogP contribution is 2.02. The molecule has 0 radical (unpaired) electrons. The summed E-state index contributed by atoms with van der Waals surface area (Å²) in [7, 11) is 6.68. The zero-order chi connectivity index (χ0) is 9.03. The van der Waals surface area contributed by atoms with Gasteiger partial charge in [-0.2, -0.15) is 0 Å². The topological polar surface area (TPSA) is 30.0 Å². The summed E-state index contributed by atoms with van der Waals surface area (Å²) in [5, 5.41) is 0. The van der Waals surface area contributed by atoms with Crippen molar-refractivity contribution in [2.75, 3.05) is 27.7 Å². The van der Waals surface area contributed by atoms with Crippen LogP contribution < -0.4 is 0 Å². The molecule has 74 valence electrons.